The van der Waals surface area contributed by atoms with Gasteiger partial charge in [0, 0.05) is 44.0 Å². The van der Waals surface area contributed by atoms with E-state index >= 15 is 0 Å². The number of hydrogen-bond donors (Lipinski definition) is 2. The van der Waals surface area contributed by atoms with Gasteiger partial charge in [-0.25, -0.2) is 0 Å². The van der Waals surface area contributed by atoms with Crippen molar-refractivity contribution in [1.82, 2.24) is 0 Å². The number of aliphatic hydroxyl groups is 2. The van der Waals surface area contributed by atoms with Crippen LogP contribution in [0.5, 0.6) is 0 Å². The summed E-state index contributed by atoms with van der Waals surface area (Å²) < 4.78 is 0. The van der Waals surface area contributed by atoms with Gasteiger partial charge in [0.1, 0.15) is 5.60 Å². The molecule has 0 amide bonds. The Morgan fingerprint density at radius 2 is 1.52 bits per heavy atom. The smallest absolute Gasteiger partial charge is 0.156 e. The van der Waals surface area contributed by atoms with E-state index in [9.17, 15) is 19.8 Å². The van der Waals surface area contributed by atoms with Crippen LogP contribution in [0.1, 0.15) is 129 Å². The zero-order valence-electron chi connectivity index (χ0n) is 32.3. The van der Waals surface area contributed by atoms with Crippen molar-refractivity contribution in [3.63, 3.8) is 0 Å². The van der Waals surface area contributed by atoms with Crippen molar-refractivity contribution < 1.29 is 19.8 Å². The molecule has 9 rings (SSSR count). The molecule has 0 heterocycles. The summed E-state index contributed by atoms with van der Waals surface area (Å²) in [5.74, 6) is 11.1. The lowest BCUT2D eigenvalue weighted by molar-refractivity contribution is -0.116. The first-order chi connectivity index (χ1) is 24.9. The molecule has 5 heteroatoms. The van der Waals surface area contributed by atoms with Crippen molar-refractivity contribution in [1.29, 1.82) is 0 Å². The Hall–Kier alpha value is -2.94. The van der Waals surface area contributed by atoms with Crippen LogP contribution < -0.4 is 4.90 Å². The van der Waals surface area contributed by atoms with Gasteiger partial charge in [0.05, 0.1) is 6.10 Å². The highest BCUT2D eigenvalue weighted by Gasteiger charge is 2.62. The van der Waals surface area contributed by atoms with Crippen LogP contribution in [0.15, 0.2) is 58.7 Å². The molecule has 0 aliphatic heterocycles. The molecule has 5 nitrogen and oxygen atoms in total. The third-order valence-electron chi connectivity index (χ3n) is 16.3. The molecule has 1 aromatic rings. The Morgan fingerprint density at radius 1 is 0.769 bits per heavy atom. The zero-order chi connectivity index (χ0) is 36.6. The van der Waals surface area contributed by atoms with E-state index in [2.05, 4.69) is 68.9 Å². The van der Waals surface area contributed by atoms with Gasteiger partial charge in [-0.3, -0.25) is 9.59 Å². The fourth-order valence-corrected chi connectivity index (χ4v) is 13.5. The average Bonchev–Trinajstić information content (AvgIpc) is 3.58. The molecule has 1 aromatic carbocycles. The summed E-state index contributed by atoms with van der Waals surface area (Å²) >= 11 is 0. The number of aliphatic hydroxyl groups excluding tert-OH is 1. The lowest BCUT2D eigenvalue weighted by Crippen LogP contribution is -2.51. The quantitative estimate of drug-likeness (QED) is 0.301. The molecule has 0 saturated heterocycles. The molecule has 5 fully saturated rings. The number of anilines is 1. The van der Waals surface area contributed by atoms with Crippen molar-refractivity contribution >= 4 is 17.3 Å². The molecule has 278 valence electrons. The van der Waals surface area contributed by atoms with E-state index < -0.39 is 5.60 Å². The van der Waals surface area contributed by atoms with E-state index in [0.29, 0.717) is 30.0 Å². The van der Waals surface area contributed by atoms with Gasteiger partial charge >= 0.3 is 0 Å². The number of nitrogens with zero attached hydrogens (tertiary/aromatic N) is 1. The molecule has 0 radical (unpaired) electrons. The van der Waals surface area contributed by atoms with Gasteiger partial charge in [0.25, 0.3) is 0 Å². The summed E-state index contributed by atoms with van der Waals surface area (Å²) in [6.45, 7) is 6.48. The van der Waals surface area contributed by atoms with Gasteiger partial charge in [0.15, 0.2) is 11.6 Å². The van der Waals surface area contributed by atoms with E-state index in [1.807, 2.05) is 19.1 Å². The zero-order valence-corrected chi connectivity index (χ0v) is 32.3. The lowest BCUT2D eigenvalue weighted by Gasteiger charge is -2.53. The minimum atomic E-state index is -0.914. The van der Waals surface area contributed by atoms with Crippen LogP contribution in [0, 0.1) is 58.2 Å². The van der Waals surface area contributed by atoms with Gasteiger partial charge in [0.2, 0.25) is 0 Å². The molecule has 0 spiro atoms. The second kappa shape index (κ2) is 13.4. The normalized spacial score (nSPS) is 41.7. The number of carbonyl (C=O) groups excluding carboxylic acids is 2. The van der Waals surface area contributed by atoms with Crippen molar-refractivity contribution in [2.24, 2.45) is 46.3 Å². The highest BCUT2D eigenvalue weighted by Crippen LogP contribution is 2.67. The number of carbonyl (C=O) groups is 2. The number of hydrogen-bond acceptors (Lipinski definition) is 5. The molecule has 2 N–H and O–H groups in total. The minimum absolute atomic E-state index is 0.0710. The number of benzene rings is 1. The maximum atomic E-state index is 12.2. The molecule has 8 aliphatic carbocycles. The summed E-state index contributed by atoms with van der Waals surface area (Å²) in [4.78, 5) is 25.9. The molecule has 0 aromatic heterocycles. The molecule has 0 unspecified atom stereocenters. The van der Waals surface area contributed by atoms with Crippen LogP contribution in [-0.4, -0.2) is 47.6 Å². The largest absolute Gasteiger partial charge is 0.393 e. The van der Waals surface area contributed by atoms with E-state index in [-0.39, 0.29) is 28.6 Å². The maximum absolute atomic E-state index is 12.2. The van der Waals surface area contributed by atoms with E-state index in [4.69, 9.17) is 0 Å². The van der Waals surface area contributed by atoms with Gasteiger partial charge < -0.3 is 15.1 Å². The van der Waals surface area contributed by atoms with E-state index in [1.54, 1.807) is 5.57 Å². The monoisotopic (exact) mass is 703 g/mol. The summed E-state index contributed by atoms with van der Waals surface area (Å²) in [5, 5.41) is 22.1. The molecule has 5 saturated carbocycles. The predicted molar refractivity (Wildman–Crippen MR) is 208 cm³/mol. The van der Waals surface area contributed by atoms with Crippen molar-refractivity contribution in [2.75, 3.05) is 19.0 Å². The third-order valence-corrected chi connectivity index (χ3v) is 16.3. The summed E-state index contributed by atoms with van der Waals surface area (Å²) in [7, 11) is 4.14. The van der Waals surface area contributed by atoms with Crippen LogP contribution in [0.3, 0.4) is 0 Å². The molecule has 11 atom stereocenters. The third kappa shape index (κ3) is 5.72. The number of fused-ring (bicyclic) bond motifs is 9. The van der Waals surface area contributed by atoms with Crippen LogP contribution in [0.25, 0.3) is 0 Å². The van der Waals surface area contributed by atoms with Crippen molar-refractivity contribution in [3.8, 4) is 11.8 Å². The fourth-order valence-electron chi connectivity index (χ4n) is 13.5. The molecule has 0 bridgehead atoms. The second-order valence-electron chi connectivity index (χ2n) is 18.7. The minimum Gasteiger partial charge on any atom is -0.393 e. The number of rotatable bonds is 2. The molecule has 8 aliphatic rings. The van der Waals surface area contributed by atoms with Gasteiger partial charge in [-0.1, -0.05) is 43.0 Å². The first-order valence-corrected chi connectivity index (χ1v) is 20.7. The van der Waals surface area contributed by atoms with Crippen LogP contribution in [0.2, 0.25) is 0 Å². The van der Waals surface area contributed by atoms with Gasteiger partial charge in [-0.15, -0.1) is 5.92 Å². The van der Waals surface area contributed by atoms with Gasteiger partial charge in [-0.2, -0.15) is 0 Å². The first-order valence-electron chi connectivity index (χ1n) is 20.7. The number of allylic oxidation sites excluding steroid dienone is 5. The Bertz CT molecular complexity index is 1770. The Labute approximate surface area is 312 Å². The number of ketones is 2. The summed E-state index contributed by atoms with van der Waals surface area (Å²) in [6.07, 6.45) is 19.1. The lowest BCUT2D eigenvalue weighted by atomic mass is 9.51. The van der Waals surface area contributed by atoms with Gasteiger partial charge in [-0.05, 0) is 172 Å². The Kier molecular flexibility index (Phi) is 9.30. The van der Waals surface area contributed by atoms with E-state index in [0.717, 1.165) is 82.0 Å². The molecular formula is C47H61NO4. The highest BCUT2D eigenvalue weighted by molar-refractivity contribution is 5.93. The fraction of sp³-hybridized carbons (Fsp3) is 0.660. The topological polar surface area (TPSA) is 77.8 Å². The van der Waals surface area contributed by atoms with Crippen LogP contribution in [-0.2, 0) is 9.59 Å². The Morgan fingerprint density at radius 3 is 2.27 bits per heavy atom. The summed E-state index contributed by atoms with van der Waals surface area (Å²) in [5.41, 5.74) is 7.36. The van der Waals surface area contributed by atoms with Crippen LogP contribution in [0.4, 0.5) is 5.69 Å². The molecular weight excluding hydrogens is 643 g/mol. The molecule has 52 heavy (non-hydrogen) atoms. The van der Waals surface area contributed by atoms with E-state index in [1.165, 1.54) is 53.7 Å². The van der Waals surface area contributed by atoms with Crippen LogP contribution >= 0.6 is 0 Å². The second-order valence-corrected chi connectivity index (χ2v) is 18.7. The first kappa shape index (κ1) is 36.1. The maximum Gasteiger partial charge on any atom is 0.156 e. The average molecular weight is 704 g/mol. The SMILES string of the molecule is CC#C[C@]1(O)CC[C@H]2[C@@H]3CCC4=CC(=O)CCC4=C3[C@@H](c3ccc(N(C)C)cc3)C[C@@]21C.C[C@]12CC[C@H]3[C@@H](CCC4=CC(=O)CC[C@@H]43)[C@@H]1CC[C@@H]2O. The van der Waals surface area contributed by atoms with Crippen molar-refractivity contribution in [2.45, 2.75) is 135 Å². The standard InChI is InChI=1S/C29H35NO2.C18H26O2/c1-5-15-29(32)16-14-26-24-12-8-20-17-22(31)11-13-23(20)27(24)25(18-28(26,29)2)19-6-9-21(10-7-19)30(3)4;1-18-9-8-14-13-5-3-12(19)10-11(13)2-4-15(14)16(18)6-7-17(18)20/h6-7,9-10,17,24-26,32H,8,11-14,16,18H2,1-4H3;10,13-17,20H,2-9H2,1H3/t24-,25+,26-,28-,29-;13-,14+,15+,16-,17-,18-/m00/s1. The predicted octanol–water partition coefficient (Wildman–Crippen LogP) is 8.90. The van der Waals surface area contributed by atoms with Crippen molar-refractivity contribution in [3.05, 3.63) is 64.3 Å². The summed E-state index contributed by atoms with van der Waals surface area (Å²) in [6, 6.07) is 8.97. The Balaban J connectivity index is 0.000000165. The highest BCUT2D eigenvalue weighted by atomic mass is 16.3.